The van der Waals surface area contributed by atoms with Gasteiger partial charge in [-0.25, -0.2) is 4.68 Å². The van der Waals surface area contributed by atoms with Crippen molar-refractivity contribution in [3.05, 3.63) is 65.9 Å². The Labute approximate surface area is 158 Å². The highest BCUT2D eigenvalue weighted by Gasteiger charge is 2.14. The summed E-state index contributed by atoms with van der Waals surface area (Å²) in [6, 6.07) is 16.4. The summed E-state index contributed by atoms with van der Waals surface area (Å²) in [7, 11) is 0. The summed E-state index contributed by atoms with van der Waals surface area (Å²) in [5.74, 6) is 1.32. The molecule has 0 aliphatic rings. The zero-order valence-corrected chi connectivity index (χ0v) is 15.7. The normalized spacial score (nSPS) is 10.9. The smallest absolute Gasteiger partial charge is 0.226 e. The number of anilines is 3. The Hall–Kier alpha value is -3.41. The third kappa shape index (κ3) is 3.46. The second-order valence-corrected chi connectivity index (χ2v) is 6.56. The van der Waals surface area contributed by atoms with E-state index < -0.39 is 0 Å². The molecule has 2 heterocycles. The number of nitrogens with zero attached hydrogens (tertiary/aromatic N) is 4. The predicted octanol–water partition coefficient (Wildman–Crippen LogP) is 4.61. The molecule has 0 amide bonds. The van der Waals surface area contributed by atoms with Gasteiger partial charge in [0.2, 0.25) is 5.95 Å². The van der Waals surface area contributed by atoms with E-state index >= 15 is 0 Å². The molecular weight excluding hydrogens is 336 g/mol. The number of para-hydroxylation sites is 1. The van der Waals surface area contributed by atoms with Crippen molar-refractivity contribution in [3.63, 3.8) is 0 Å². The van der Waals surface area contributed by atoms with Gasteiger partial charge in [-0.1, -0.05) is 24.3 Å². The molecule has 2 N–H and O–H groups in total. The van der Waals surface area contributed by atoms with Gasteiger partial charge in [0, 0.05) is 12.2 Å². The molecule has 2 aromatic heterocycles. The van der Waals surface area contributed by atoms with E-state index in [1.165, 1.54) is 11.1 Å². The molecule has 0 saturated heterocycles. The molecule has 0 aliphatic carbocycles. The van der Waals surface area contributed by atoms with E-state index in [4.69, 9.17) is 0 Å². The number of benzene rings is 2. The van der Waals surface area contributed by atoms with E-state index in [1.807, 2.05) is 48.1 Å². The maximum absolute atomic E-state index is 4.68. The van der Waals surface area contributed by atoms with Crippen molar-refractivity contribution < 1.29 is 0 Å². The van der Waals surface area contributed by atoms with Crippen LogP contribution < -0.4 is 10.6 Å². The summed E-state index contributed by atoms with van der Waals surface area (Å²) < 4.78 is 1.84. The van der Waals surface area contributed by atoms with Crippen LogP contribution in [0.1, 0.15) is 18.1 Å². The van der Waals surface area contributed by atoms with Crippen molar-refractivity contribution in [1.82, 2.24) is 19.7 Å². The molecular formula is C21H22N6. The average Bonchev–Trinajstić information content (AvgIpc) is 3.06. The molecule has 4 rings (SSSR count). The van der Waals surface area contributed by atoms with E-state index in [1.54, 1.807) is 0 Å². The van der Waals surface area contributed by atoms with Gasteiger partial charge >= 0.3 is 0 Å². The minimum absolute atomic E-state index is 0.578. The van der Waals surface area contributed by atoms with Crippen molar-refractivity contribution in [2.24, 2.45) is 0 Å². The third-order valence-corrected chi connectivity index (χ3v) is 4.25. The SMILES string of the molecule is CCNc1nc(Nc2cc(C)cc(C)c2)c2cnn(-c3ccccc3)c2n1. The summed E-state index contributed by atoms with van der Waals surface area (Å²) >= 11 is 0. The van der Waals surface area contributed by atoms with Gasteiger partial charge in [0.25, 0.3) is 0 Å². The van der Waals surface area contributed by atoms with Crippen molar-refractivity contribution in [1.29, 1.82) is 0 Å². The first-order valence-corrected chi connectivity index (χ1v) is 9.04. The van der Waals surface area contributed by atoms with Crippen LogP contribution in [0, 0.1) is 13.8 Å². The molecule has 136 valence electrons. The molecule has 0 radical (unpaired) electrons. The van der Waals surface area contributed by atoms with Crippen molar-refractivity contribution >= 4 is 28.5 Å². The molecule has 0 saturated carbocycles. The number of hydrogen-bond donors (Lipinski definition) is 2. The first-order valence-electron chi connectivity index (χ1n) is 9.04. The Morgan fingerprint density at radius 3 is 2.41 bits per heavy atom. The summed E-state index contributed by atoms with van der Waals surface area (Å²) in [6.45, 7) is 6.95. The fourth-order valence-corrected chi connectivity index (χ4v) is 3.18. The van der Waals surface area contributed by atoms with Gasteiger partial charge in [0.1, 0.15) is 5.82 Å². The monoisotopic (exact) mass is 358 g/mol. The molecule has 0 spiro atoms. The summed E-state index contributed by atoms with van der Waals surface area (Å²) in [6.07, 6.45) is 1.81. The van der Waals surface area contributed by atoms with Crippen LogP contribution in [0.25, 0.3) is 16.7 Å². The molecule has 6 nitrogen and oxygen atoms in total. The first kappa shape index (κ1) is 17.0. The van der Waals surface area contributed by atoms with Crippen molar-refractivity contribution in [2.75, 3.05) is 17.2 Å². The Kier molecular flexibility index (Phi) is 4.46. The van der Waals surface area contributed by atoms with Gasteiger partial charge in [-0.3, -0.25) is 0 Å². The fourth-order valence-electron chi connectivity index (χ4n) is 3.18. The molecule has 0 fully saturated rings. The van der Waals surface area contributed by atoms with Gasteiger partial charge in [-0.2, -0.15) is 15.1 Å². The van der Waals surface area contributed by atoms with Gasteiger partial charge in [0.05, 0.1) is 17.3 Å². The summed E-state index contributed by atoms with van der Waals surface area (Å²) in [4.78, 5) is 9.34. The number of aryl methyl sites for hydroxylation is 2. The highest BCUT2D eigenvalue weighted by molar-refractivity contribution is 5.90. The Balaban J connectivity index is 1.85. The maximum Gasteiger partial charge on any atom is 0.226 e. The number of aromatic nitrogens is 4. The molecule has 27 heavy (non-hydrogen) atoms. The average molecular weight is 358 g/mol. The largest absolute Gasteiger partial charge is 0.354 e. The highest BCUT2D eigenvalue weighted by Crippen LogP contribution is 2.27. The second-order valence-electron chi connectivity index (χ2n) is 6.56. The van der Waals surface area contributed by atoms with Gasteiger partial charge in [-0.05, 0) is 56.2 Å². The highest BCUT2D eigenvalue weighted by atomic mass is 15.3. The second kappa shape index (κ2) is 7.07. The van der Waals surface area contributed by atoms with Gasteiger partial charge in [-0.15, -0.1) is 0 Å². The lowest BCUT2D eigenvalue weighted by Gasteiger charge is -2.11. The molecule has 0 unspecified atom stereocenters. The topological polar surface area (TPSA) is 67.7 Å². The quantitative estimate of drug-likeness (QED) is 0.545. The van der Waals surface area contributed by atoms with Crippen LogP contribution in [0.4, 0.5) is 17.5 Å². The summed E-state index contributed by atoms with van der Waals surface area (Å²) in [5.41, 5.74) is 5.14. The van der Waals surface area contributed by atoms with E-state index in [0.29, 0.717) is 5.95 Å². The van der Waals surface area contributed by atoms with Crippen LogP contribution >= 0.6 is 0 Å². The molecule has 0 atom stereocenters. The van der Waals surface area contributed by atoms with E-state index in [-0.39, 0.29) is 0 Å². The van der Waals surface area contributed by atoms with Crippen LogP contribution in [0.2, 0.25) is 0 Å². The number of fused-ring (bicyclic) bond motifs is 1. The minimum atomic E-state index is 0.578. The van der Waals surface area contributed by atoms with Crippen LogP contribution in [-0.4, -0.2) is 26.3 Å². The molecule has 0 aliphatic heterocycles. The lowest BCUT2D eigenvalue weighted by molar-refractivity contribution is 0.895. The van der Waals surface area contributed by atoms with Crippen molar-refractivity contribution in [2.45, 2.75) is 20.8 Å². The predicted molar refractivity (Wildman–Crippen MR) is 110 cm³/mol. The van der Waals surface area contributed by atoms with E-state index in [2.05, 4.69) is 57.7 Å². The molecule has 0 bridgehead atoms. The Morgan fingerprint density at radius 2 is 1.70 bits per heavy atom. The zero-order valence-electron chi connectivity index (χ0n) is 15.7. The van der Waals surface area contributed by atoms with Gasteiger partial charge < -0.3 is 10.6 Å². The molecule has 6 heteroatoms. The lowest BCUT2D eigenvalue weighted by atomic mass is 10.1. The zero-order chi connectivity index (χ0) is 18.8. The van der Waals surface area contributed by atoms with Crippen LogP contribution in [0.5, 0.6) is 0 Å². The Morgan fingerprint density at radius 1 is 0.963 bits per heavy atom. The van der Waals surface area contributed by atoms with E-state index in [0.717, 1.165) is 34.8 Å². The molecule has 2 aromatic carbocycles. The van der Waals surface area contributed by atoms with Crippen LogP contribution in [0.15, 0.2) is 54.7 Å². The van der Waals surface area contributed by atoms with Crippen molar-refractivity contribution in [3.8, 4) is 5.69 Å². The molecule has 4 aromatic rings. The standard InChI is InChI=1S/C21H22N6/c1-4-22-21-25-19(24-16-11-14(2)10-15(3)12-16)18-13-23-27(20(18)26-21)17-8-6-5-7-9-17/h5-13H,4H2,1-3H3,(H2,22,24,25,26). The summed E-state index contributed by atoms with van der Waals surface area (Å²) in [5, 5.41) is 12.1. The minimum Gasteiger partial charge on any atom is -0.354 e. The number of hydrogen-bond acceptors (Lipinski definition) is 5. The van der Waals surface area contributed by atoms with E-state index in [9.17, 15) is 0 Å². The van der Waals surface area contributed by atoms with Crippen LogP contribution in [-0.2, 0) is 0 Å². The lowest BCUT2D eigenvalue weighted by Crippen LogP contribution is -2.06. The number of nitrogens with one attached hydrogen (secondary N) is 2. The maximum atomic E-state index is 4.68. The third-order valence-electron chi connectivity index (χ3n) is 4.25. The Bertz CT molecular complexity index is 1060. The van der Waals surface area contributed by atoms with Crippen LogP contribution in [0.3, 0.4) is 0 Å². The first-order chi connectivity index (χ1) is 13.1. The number of rotatable bonds is 5. The fraction of sp³-hybridized carbons (Fsp3) is 0.190. The van der Waals surface area contributed by atoms with Gasteiger partial charge in [0.15, 0.2) is 5.65 Å².